The molecule has 1 aliphatic heterocycles. The van der Waals surface area contributed by atoms with Crippen LogP contribution in [-0.2, 0) is 9.53 Å². The monoisotopic (exact) mass is 427 g/mol. The average molecular weight is 428 g/mol. The van der Waals surface area contributed by atoms with Crippen molar-refractivity contribution < 1.29 is 14.3 Å². The molecule has 0 aliphatic carbocycles. The highest BCUT2D eigenvalue weighted by atomic mass is 16.6. The Labute approximate surface area is 184 Å². The van der Waals surface area contributed by atoms with Gasteiger partial charge in [0.15, 0.2) is 0 Å². The molecule has 0 atom stereocenters. The number of hydrogen-bond donors (Lipinski definition) is 1. The van der Waals surface area contributed by atoms with E-state index in [9.17, 15) is 9.59 Å². The highest BCUT2D eigenvalue weighted by molar-refractivity contribution is 5.93. The molecule has 2 amide bonds. The van der Waals surface area contributed by atoms with E-state index in [-0.39, 0.29) is 18.5 Å². The zero-order valence-corrected chi connectivity index (χ0v) is 18.9. The van der Waals surface area contributed by atoms with Crippen molar-refractivity contribution in [2.24, 2.45) is 5.92 Å². The van der Waals surface area contributed by atoms with Gasteiger partial charge in [-0.2, -0.15) is 5.10 Å². The standard InChI is InChI=1S/C23H33N5O3/c1-17(2)16-31-23(30)27-12-8-11-26(13-14-27)15-21(29)24-22-18(3)25-28(19(22)4)20-9-6-5-7-10-20/h5-7,9-10,17H,8,11-16H2,1-4H3,(H,24,29). The fraction of sp³-hybridized carbons (Fsp3) is 0.522. The summed E-state index contributed by atoms with van der Waals surface area (Å²) in [4.78, 5) is 28.8. The molecule has 2 aromatic rings. The third-order valence-corrected chi connectivity index (χ3v) is 5.31. The number of rotatable bonds is 6. The smallest absolute Gasteiger partial charge is 0.409 e. The average Bonchev–Trinajstić information content (AvgIpc) is 2.91. The second-order valence-corrected chi connectivity index (χ2v) is 8.43. The first-order valence-corrected chi connectivity index (χ1v) is 10.9. The summed E-state index contributed by atoms with van der Waals surface area (Å²) in [7, 11) is 0. The van der Waals surface area contributed by atoms with Crippen LogP contribution in [0.4, 0.5) is 10.5 Å². The van der Waals surface area contributed by atoms with Crippen LogP contribution >= 0.6 is 0 Å². The Hall–Kier alpha value is -2.87. The molecule has 31 heavy (non-hydrogen) atoms. The van der Waals surface area contributed by atoms with E-state index in [1.165, 1.54) is 0 Å². The minimum atomic E-state index is -0.264. The van der Waals surface area contributed by atoms with Gasteiger partial charge in [-0.25, -0.2) is 9.48 Å². The Balaban J connectivity index is 1.56. The fourth-order valence-corrected chi connectivity index (χ4v) is 3.67. The maximum atomic E-state index is 12.7. The van der Waals surface area contributed by atoms with Crippen LogP contribution in [0.5, 0.6) is 0 Å². The van der Waals surface area contributed by atoms with Crippen molar-refractivity contribution in [1.82, 2.24) is 19.6 Å². The first-order valence-electron chi connectivity index (χ1n) is 10.9. The van der Waals surface area contributed by atoms with Crippen LogP contribution in [0.1, 0.15) is 31.7 Å². The first-order chi connectivity index (χ1) is 14.8. The zero-order chi connectivity index (χ0) is 22.4. The molecule has 3 rings (SSSR count). The Morgan fingerprint density at radius 1 is 1.10 bits per heavy atom. The highest BCUT2D eigenvalue weighted by Gasteiger charge is 2.22. The quantitative estimate of drug-likeness (QED) is 0.766. The van der Waals surface area contributed by atoms with Gasteiger partial charge in [-0.15, -0.1) is 0 Å². The normalized spacial score (nSPS) is 15.1. The van der Waals surface area contributed by atoms with Crippen molar-refractivity contribution in [1.29, 1.82) is 0 Å². The summed E-state index contributed by atoms with van der Waals surface area (Å²) in [5.41, 5.74) is 3.39. The maximum Gasteiger partial charge on any atom is 0.409 e. The van der Waals surface area contributed by atoms with E-state index in [1.807, 2.05) is 62.7 Å². The molecule has 0 bridgehead atoms. The van der Waals surface area contributed by atoms with Crippen molar-refractivity contribution in [2.75, 3.05) is 44.6 Å². The summed E-state index contributed by atoms with van der Waals surface area (Å²) < 4.78 is 7.18. The molecule has 1 N–H and O–H groups in total. The van der Waals surface area contributed by atoms with Crippen molar-refractivity contribution >= 4 is 17.7 Å². The Bertz CT molecular complexity index is 894. The number of amides is 2. The predicted octanol–water partition coefficient (Wildman–Crippen LogP) is 3.23. The van der Waals surface area contributed by atoms with Crippen LogP contribution in [-0.4, -0.2) is 70.9 Å². The van der Waals surface area contributed by atoms with Crippen molar-refractivity contribution in [3.8, 4) is 5.69 Å². The van der Waals surface area contributed by atoms with Gasteiger partial charge in [0, 0.05) is 26.2 Å². The van der Waals surface area contributed by atoms with Crippen LogP contribution in [0, 0.1) is 19.8 Å². The molecule has 0 radical (unpaired) electrons. The maximum absolute atomic E-state index is 12.7. The number of nitrogens with one attached hydrogen (secondary N) is 1. The molecule has 1 aliphatic rings. The second-order valence-electron chi connectivity index (χ2n) is 8.43. The number of carbonyl (C=O) groups is 2. The van der Waals surface area contributed by atoms with Gasteiger partial charge in [0.1, 0.15) is 0 Å². The van der Waals surface area contributed by atoms with Gasteiger partial charge in [-0.1, -0.05) is 32.0 Å². The van der Waals surface area contributed by atoms with E-state index in [2.05, 4.69) is 15.3 Å². The van der Waals surface area contributed by atoms with Gasteiger partial charge in [-0.3, -0.25) is 9.69 Å². The lowest BCUT2D eigenvalue weighted by Crippen LogP contribution is -2.38. The van der Waals surface area contributed by atoms with Gasteiger partial charge < -0.3 is 15.0 Å². The molecule has 1 aromatic heterocycles. The van der Waals surface area contributed by atoms with E-state index < -0.39 is 0 Å². The van der Waals surface area contributed by atoms with Crippen LogP contribution < -0.4 is 5.32 Å². The molecular weight excluding hydrogens is 394 g/mol. The molecule has 2 heterocycles. The molecular formula is C23H33N5O3. The predicted molar refractivity (Wildman–Crippen MR) is 120 cm³/mol. The Kier molecular flexibility index (Phi) is 7.68. The minimum absolute atomic E-state index is 0.0744. The molecule has 168 valence electrons. The highest BCUT2D eigenvalue weighted by Crippen LogP contribution is 2.22. The number of carbonyl (C=O) groups excluding carboxylic acids is 2. The number of nitrogens with zero attached hydrogens (tertiary/aromatic N) is 4. The van der Waals surface area contributed by atoms with Crippen molar-refractivity contribution in [2.45, 2.75) is 34.1 Å². The molecule has 1 fully saturated rings. The van der Waals surface area contributed by atoms with E-state index in [4.69, 9.17) is 4.74 Å². The van der Waals surface area contributed by atoms with Gasteiger partial charge >= 0.3 is 6.09 Å². The lowest BCUT2D eigenvalue weighted by molar-refractivity contribution is -0.117. The number of anilines is 1. The SMILES string of the molecule is Cc1nn(-c2ccccc2)c(C)c1NC(=O)CN1CCCN(C(=O)OCC(C)C)CC1. The summed E-state index contributed by atoms with van der Waals surface area (Å²) in [5, 5.41) is 7.62. The summed E-state index contributed by atoms with van der Waals surface area (Å²) >= 11 is 0. The second kappa shape index (κ2) is 10.4. The van der Waals surface area contributed by atoms with Crippen LogP contribution in [0.2, 0.25) is 0 Å². The molecule has 0 unspecified atom stereocenters. The first kappa shape index (κ1) is 22.8. The van der Waals surface area contributed by atoms with Gasteiger partial charge in [0.25, 0.3) is 0 Å². The molecule has 8 heteroatoms. The molecule has 8 nitrogen and oxygen atoms in total. The molecule has 1 saturated heterocycles. The Morgan fingerprint density at radius 2 is 1.84 bits per heavy atom. The topological polar surface area (TPSA) is 79.7 Å². The van der Waals surface area contributed by atoms with Gasteiger partial charge in [0.05, 0.1) is 35.9 Å². The fourth-order valence-electron chi connectivity index (χ4n) is 3.67. The van der Waals surface area contributed by atoms with E-state index in [0.717, 1.165) is 35.7 Å². The third kappa shape index (κ3) is 6.07. The zero-order valence-electron chi connectivity index (χ0n) is 18.9. The van der Waals surface area contributed by atoms with E-state index in [1.54, 1.807) is 4.90 Å². The summed E-state index contributed by atoms with van der Waals surface area (Å²) in [6.45, 7) is 11.2. The Morgan fingerprint density at radius 3 is 2.55 bits per heavy atom. The summed E-state index contributed by atoms with van der Waals surface area (Å²) in [5.74, 6) is 0.240. The largest absolute Gasteiger partial charge is 0.449 e. The number of hydrogen-bond acceptors (Lipinski definition) is 5. The van der Waals surface area contributed by atoms with Crippen molar-refractivity contribution in [3.63, 3.8) is 0 Å². The summed E-state index contributed by atoms with van der Waals surface area (Å²) in [6.07, 6.45) is 0.549. The number of aromatic nitrogens is 2. The van der Waals surface area contributed by atoms with E-state index in [0.29, 0.717) is 32.2 Å². The van der Waals surface area contributed by atoms with Gasteiger partial charge in [0.2, 0.25) is 5.91 Å². The number of ether oxygens (including phenoxy) is 1. The molecule has 1 aromatic carbocycles. The molecule has 0 spiro atoms. The number of para-hydroxylation sites is 1. The van der Waals surface area contributed by atoms with Gasteiger partial charge in [-0.05, 0) is 38.3 Å². The minimum Gasteiger partial charge on any atom is -0.449 e. The lowest BCUT2D eigenvalue weighted by Gasteiger charge is -2.21. The van der Waals surface area contributed by atoms with Crippen molar-refractivity contribution in [3.05, 3.63) is 41.7 Å². The van der Waals surface area contributed by atoms with E-state index >= 15 is 0 Å². The summed E-state index contributed by atoms with van der Waals surface area (Å²) in [6, 6.07) is 9.86. The third-order valence-electron chi connectivity index (χ3n) is 5.31. The molecule has 0 saturated carbocycles. The van der Waals surface area contributed by atoms with Crippen LogP contribution in [0.15, 0.2) is 30.3 Å². The van der Waals surface area contributed by atoms with Crippen LogP contribution in [0.25, 0.3) is 5.69 Å². The number of benzene rings is 1. The lowest BCUT2D eigenvalue weighted by atomic mass is 10.2. The van der Waals surface area contributed by atoms with Crippen LogP contribution in [0.3, 0.4) is 0 Å². The number of aryl methyl sites for hydroxylation is 1.